The van der Waals surface area contributed by atoms with E-state index in [0.717, 1.165) is 69.2 Å². The van der Waals surface area contributed by atoms with Gasteiger partial charge in [-0.05, 0) is 38.3 Å². The second-order valence-electron chi connectivity index (χ2n) is 7.16. The minimum Gasteiger partial charge on any atom is -0.359 e. The Morgan fingerprint density at radius 1 is 1.21 bits per heavy atom. The average Bonchev–Trinajstić information content (AvgIpc) is 3.12. The molecule has 1 aromatic heterocycles. The summed E-state index contributed by atoms with van der Waals surface area (Å²) in [6.07, 6.45) is 5.72. The fraction of sp³-hybridized carbons (Fsp3) is 0.684. The molecule has 2 aliphatic heterocycles. The molecule has 0 spiro atoms. The van der Waals surface area contributed by atoms with E-state index in [1.54, 1.807) is 0 Å². The SMILES string of the molecule is CCCCN(C)c1nc(N2CCCC2)c2c(c1C#N)CCN(C)C2. The first-order valence-corrected chi connectivity index (χ1v) is 9.26. The van der Waals surface area contributed by atoms with Gasteiger partial charge in [0.15, 0.2) is 0 Å². The third-order valence-electron chi connectivity index (χ3n) is 5.27. The molecule has 24 heavy (non-hydrogen) atoms. The molecule has 3 heterocycles. The van der Waals surface area contributed by atoms with E-state index in [-0.39, 0.29) is 0 Å². The Labute approximate surface area is 145 Å². The molecule has 3 rings (SSSR count). The Kier molecular flexibility index (Phi) is 5.25. The number of aromatic nitrogens is 1. The molecule has 0 saturated carbocycles. The first-order chi connectivity index (χ1) is 11.7. The van der Waals surface area contributed by atoms with Crippen molar-refractivity contribution in [3.05, 3.63) is 16.7 Å². The monoisotopic (exact) mass is 327 g/mol. The van der Waals surface area contributed by atoms with Crippen LogP contribution >= 0.6 is 0 Å². The van der Waals surface area contributed by atoms with E-state index in [0.29, 0.717) is 0 Å². The highest BCUT2D eigenvalue weighted by atomic mass is 15.3. The van der Waals surface area contributed by atoms with Crippen LogP contribution in [-0.4, -0.2) is 50.2 Å². The van der Waals surface area contributed by atoms with E-state index in [4.69, 9.17) is 4.98 Å². The third-order valence-corrected chi connectivity index (χ3v) is 5.27. The molecule has 0 atom stereocenters. The molecular weight excluding hydrogens is 298 g/mol. The van der Waals surface area contributed by atoms with Crippen molar-refractivity contribution >= 4 is 11.6 Å². The number of anilines is 2. The van der Waals surface area contributed by atoms with Crippen LogP contribution in [-0.2, 0) is 13.0 Å². The van der Waals surface area contributed by atoms with Gasteiger partial charge in [0.05, 0.1) is 5.56 Å². The first-order valence-electron chi connectivity index (χ1n) is 9.26. The van der Waals surface area contributed by atoms with Crippen molar-refractivity contribution in [3.8, 4) is 6.07 Å². The maximum atomic E-state index is 9.83. The zero-order valence-corrected chi connectivity index (χ0v) is 15.3. The quantitative estimate of drug-likeness (QED) is 0.832. The second kappa shape index (κ2) is 7.40. The third kappa shape index (κ3) is 3.21. The highest BCUT2D eigenvalue weighted by Gasteiger charge is 2.28. The second-order valence-corrected chi connectivity index (χ2v) is 7.16. The van der Waals surface area contributed by atoms with E-state index in [2.05, 4.69) is 41.8 Å². The normalized spacial score (nSPS) is 17.7. The average molecular weight is 327 g/mol. The summed E-state index contributed by atoms with van der Waals surface area (Å²) < 4.78 is 0. The number of likely N-dealkylation sites (N-methyl/N-ethyl adjacent to an activating group) is 1. The molecule has 0 N–H and O–H groups in total. The lowest BCUT2D eigenvalue weighted by atomic mass is 9.95. The Bertz CT molecular complexity index is 628. The molecule has 0 unspecified atom stereocenters. The Balaban J connectivity index is 2.08. The number of fused-ring (bicyclic) bond motifs is 1. The molecular formula is C19H29N5. The van der Waals surface area contributed by atoms with E-state index in [9.17, 15) is 5.26 Å². The maximum absolute atomic E-state index is 9.83. The van der Waals surface area contributed by atoms with Gasteiger partial charge in [0.25, 0.3) is 0 Å². The fourth-order valence-corrected chi connectivity index (χ4v) is 3.82. The molecule has 1 fully saturated rings. The standard InChI is InChI=1S/C19H29N5/c1-4-5-9-23(3)18-16(13-20)15-8-12-22(2)14-17(15)19(21-18)24-10-6-7-11-24/h4-12,14H2,1-3H3. The summed E-state index contributed by atoms with van der Waals surface area (Å²) in [6, 6.07) is 2.47. The van der Waals surface area contributed by atoms with Crippen molar-refractivity contribution in [2.75, 3.05) is 50.1 Å². The summed E-state index contributed by atoms with van der Waals surface area (Å²) in [7, 11) is 4.23. The number of hydrogen-bond acceptors (Lipinski definition) is 5. The molecule has 0 bridgehead atoms. The number of nitrogens with zero attached hydrogens (tertiary/aromatic N) is 5. The van der Waals surface area contributed by atoms with Crippen molar-refractivity contribution in [3.63, 3.8) is 0 Å². The van der Waals surface area contributed by atoms with Gasteiger partial charge in [0, 0.05) is 45.3 Å². The Hall–Kier alpha value is -1.80. The summed E-state index contributed by atoms with van der Waals surface area (Å²) in [5.41, 5.74) is 3.33. The Morgan fingerprint density at radius 2 is 1.96 bits per heavy atom. The highest BCUT2D eigenvalue weighted by molar-refractivity contribution is 5.67. The van der Waals surface area contributed by atoms with E-state index >= 15 is 0 Å². The smallest absolute Gasteiger partial charge is 0.149 e. The highest BCUT2D eigenvalue weighted by Crippen LogP contribution is 2.35. The minimum atomic E-state index is 0.805. The molecule has 1 saturated heterocycles. The molecule has 5 nitrogen and oxygen atoms in total. The van der Waals surface area contributed by atoms with E-state index in [1.807, 2.05) is 0 Å². The van der Waals surface area contributed by atoms with E-state index in [1.165, 1.54) is 24.0 Å². The molecule has 0 aliphatic carbocycles. The molecule has 2 aliphatic rings. The lowest BCUT2D eigenvalue weighted by molar-refractivity contribution is 0.312. The number of rotatable bonds is 5. The van der Waals surface area contributed by atoms with Crippen LogP contribution in [0.3, 0.4) is 0 Å². The van der Waals surface area contributed by atoms with Gasteiger partial charge in [-0.3, -0.25) is 0 Å². The van der Waals surface area contributed by atoms with Crippen LogP contribution in [0.4, 0.5) is 11.6 Å². The number of hydrogen-bond donors (Lipinski definition) is 0. The maximum Gasteiger partial charge on any atom is 0.149 e. The van der Waals surface area contributed by atoms with Crippen LogP contribution in [0.1, 0.15) is 49.3 Å². The molecule has 5 heteroatoms. The van der Waals surface area contributed by atoms with Crippen LogP contribution in [0.15, 0.2) is 0 Å². The van der Waals surface area contributed by atoms with E-state index < -0.39 is 0 Å². The number of pyridine rings is 1. The predicted octanol–water partition coefficient (Wildman–Crippen LogP) is 2.78. The van der Waals surface area contributed by atoms with Crippen LogP contribution < -0.4 is 9.80 Å². The molecule has 0 amide bonds. The number of nitriles is 1. The zero-order valence-electron chi connectivity index (χ0n) is 15.3. The van der Waals surface area contributed by atoms with Gasteiger partial charge in [-0.2, -0.15) is 5.26 Å². The lowest BCUT2D eigenvalue weighted by Gasteiger charge is -2.32. The first kappa shape index (κ1) is 17.0. The Morgan fingerprint density at radius 3 is 2.62 bits per heavy atom. The fourth-order valence-electron chi connectivity index (χ4n) is 3.82. The van der Waals surface area contributed by atoms with Crippen molar-refractivity contribution in [1.82, 2.24) is 9.88 Å². The predicted molar refractivity (Wildman–Crippen MR) is 98.6 cm³/mol. The van der Waals surface area contributed by atoms with Gasteiger partial charge < -0.3 is 14.7 Å². The van der Waals surface area contributed by atoms with Crippen LogP contribution in [0, 0.1) is 11.3 Å². The van der Waals surface area contributed by atoms with Gasteiger partial charge in [-0.15, -0.1) is 0 Å². The molecule has 0 aromatic carbocycles. The van der Waals surface area contributed by atoms with Crippen LogP contribution in [0.5, 0.6) is 0 Å². The van der Waals surface area contributed by atoms with Crippen molar-refractivity contribution in [1.29, 1.82) is 5.26 Å². The van der Waals surface area contributed by atoms with Crippen LogP contribution in [0.2, 0.25) is 0 Å². The zero-order chi connectivity index (χ0) is 17.1. The molecule has 1 aromatic rings. The summed E-state index contributed by atoms with van der Waals surface area (Å²) in [4.78, 5) is 12.0. The largest absolute Gasteiger partial charge is 0.359 e. The van der Waals surface area contributed by atoms with Crippen molar-refractivity contribution < 1.29 is 0 Å². The minimum absolute atomic E-state index is 0.805. The summed E-state index contributed by atoms with van der Waals surface area (Å²) >= 11 is 0. The number of unbranched alkanes of at least 4 members (excludes halogenated alkanes) is 1. The topological polar surface area (TPSA) is 46.4 Å². The van der Waals surface area contributed by atoms with Gasteiger partial charge in [0.2, 0.25) is 0 Å². The van der Waals surface area contributed by atoms with Gasteiger partial charge >= 0.3 is 0 Å². The van der Waals surface area contributed by atoms with Gasteiger partial charge in [0.1, 0.15) is 17.7 Å². The summed E-state index contributed by atoms with van der Waals surface area (Å²) in [5.74, 6) is 2.02. The van der Waals surface area contributed by atoms with Gasteiger partial charge in [-0.1, -0.05) is 13.3 Å². The van der Waals surface area contributed by atoms with Crippen molar-refractivity contribution in [2.24, 2.45) is 0 Å². The summed E-state index contributed by atoms with van der Waals surface area (Å²) in [6.45, 7) is 7.26. The van der Waals surface area contributed by atoms with Gasteiger partial charge in [-0.25, -0.2) is 4.98 Å². The molecule has 130 valence electrons. The van der Waals surface area contributed by atoms with Crippen LogP contribution in [0.25, 0.3) is 0 Å². The van der Waals surface area contributed by atoms with Crippen molar-refractivity contribution in [2.45, 2.75) is 45.6 Å². The summed E-state index contributed by atoms with van der Waals surface area (Å²) in [5, 5.41) is 9.83. The molecule has 0 radical (unpaired) electrons. The lowest BCUT2D eigenvalue weighted by Crippen LogP contribution is -2.32.